The fourth-order valence-corrected chi connectivity index (χ4v) is 3.03. The Labute approximate surface area is 170 Å². The summed E-state index contributed by atoms with van der Waals surface area (Å²) in [6.45, 7) is 4.46. The normalized spacial score (nSPS) is 10.1. The molecule has 29 heavy (non-hydrogen) atoms. The van der Waals surface area contributed by atoms with E-state index in [1.165, 1.54) is 0 Å². The van der Waals surface area contributed by atoms with Crippen molar-refractivity contribution < 1.29 is 9.59 Å². The summed E-state index contributed by atoms with van der Waals surface area (Å²) in [7, 11) is 0. The summed E-state index contributed by atoms with van der Waals surface area (Å²) in [6, 6.07) is 23.1. The van der Waals surface area contributed by atoms with E-state index in [0.717, 1.165) is 11.3 Å². The van der Waals surface area contributed by atoms with Gasteiger partial charge in [-0.1, -0.05) is 18.2 Å². The molecule has 0 aromatic heterocycles. The zero-order valence-corrected chi connectivity index (χ0v) is 16.3. The van der Waals surface area contributed by atoms with Gasteiger partial charge in [0.1, 0.15) is 0 Å². The Kier molecular flexibility index (Phi) is 6.06. The highest BCUT2D eigenvalue weighted by atomic mass is 16.2. The fourth-order valence-electron chi connectivity index (χ4n) is 3.03. The topological polar surface area (TPSA) is 73.2 Å². The second-order valence-corrected chi connectivity index (χ2v) is 6.61. The predicted octanol–water partition coefficient (Wildman–Crippen LogP) is 4.79. The molecule has 0 saturated heterocycles. The Morgan fingerprint density at radius 2 is 1.66 bits per heavy atom. The third-order valence-electron chi connectivity index (χ3n) is 4.52. The van der Waals surface area contributed by atoms with Gasteiger partial charge in [0.15, 0.2) is 0 Å². The highest BCUT2D eigenvalue weighted by Gasteiger charge is 2.17. The SMILES string of the molecule is CCN(C(=O)c1ccc(C(=O)Nc2cccc(C#N)c2)cc1)c1cccc(C)c1. The summed E-state index contributed by atoms with van der Waals surface area (Å²) in [5, 5.41) is 11.7. The maximum absolute atomic E-state index is 12.9. The number of aryl methyl sites for hydroxylation is 1. The molecule has 3 aromatic carbocycles. The van der Waals surface area contributed by atoms with Crippen LogP contribution >= 0.6 is 0 Å². The van der Waals surface area contributed by atoms with Crippen LogP contribution in [-0.2, 0) is 0 Å². The van der Waals surface area contributed by atoms with Crippen LogP contribution in [0.5, 0.6) is 0 Å². The molecule has 0 unspecified atom stereocenters. The molecule has 0 fully saturated rings. The van der Waals surface area contributed by atoms with Crippen molar-refractivity contribution in [2.45, 2.75) is 13.8 Å². The van der Waals surface area contributed by atoms with Gasteiger partial charge in [0.25, 0.3) is 11.8 Å². The maximum atomic E-state index is 12.9. The molecule has 0 atom stereocenters. The Morgan fingerprint density at radius 1 is 0.966 bits per heavy atom. The average molecular weight is 383 g/mol. The number of benzene rings is 3. The van der Waals surface area contributed by atoms with Gasteiger partial charge < -0.3 is 10.2 Å². The second-order valence-electron chi connectivity index (χ2n) is 6.61. The summed E-state index contributed by atoms with van der Waals surface area (Å²) in [5.74, 6) is -0.420. The van der Waals surface area contributed by atoms with Crippen molar-refractivity contribution in [3.05, 3.63) is 95.1 Å². The van der Waals surface area contributed by atoms with Gasteiger partial charge in [-0.2, -0.15) is 5.26 Å². The van der Waals surface area contributed by atoms with Gasteiger partial charge in [-0.05, 0) is 74.0 Å². The van der Waals surface area contributed by atoms with E-state index in [1.807, 2.05) is 44.2 Å². The number of carbonyl (C=O) groups excluding carboxylic acids is 2. The first-order valence-electron chi connectivity index (χ1n) is 9.32. The van der Waals surface area contributed by atoms with Crippen molar-refractivity contribution in [2.75, 3.05) is 16.8 Å². The molecule has 0 aliphatic heterocycles. The molecule has 1 N–H and O–H groups in total. The van der Waals surface area contributed by atoms with E-state index >= 15 is 0 Å². The molecule has 2 amide bonds. The van der Waals surface area contributed by atoms with Gasteiger partial charge in [0.05, 0.1) is 11.6 Å². The van der Waals surface area contributed by atoms with Gasteiger partial charge in [0.2, 0.25) is 0 Å². The summed E-state index contributed by atoms with van der Waals surface area (Å²) in [6.07, 6.45) is 0. The maximum Gasteiger partial charge on any atom is 0.258 e. The first-order valence-corrected chi connectivity index (χ1v) is 9.32. The van der Waals surface area contributed by atoms with E-state index in [4.69, 9.17) is 5.26 Å². The van der Waals surface area contributed by atoms with E-state index < -0.39 is 0 Å². The Morgan fingerprint density at radius 3 is 2.31 bits per heavy atom. The van der Waals surface area contributed by atoms with Crippen LogP contribution < -0.4 is 10.2 Å². The van der Waals surface area contributed by atoms with Crippen LogP contribution in [0.15, 0.2) is 72.8 Å². The molecule has 5 heteroatoms. The molecule has 0 aliphatic carbocycles. The average Bonchev–Trinajstić information content (AvgIpc) is 2.74. The first-order chi connectivity index (χ1) is 14.0. The molecule has 144 valence electrons. The van der Waals surface area contributed by atoms with Crippen molar-refractivity contribution in [3.8, 4) is 6.07 Å². The lowest BCUT2D eigenvalue weighted by Crippen LogP contribution is -2.30. The fraction of sp³-hybridized carbons (Fsp3) is 0.125. The highest BCUT2D eigenvalue weighted by molar-refractivity contribution is 6.08. The smallest absolute Gasteiger partial charge is 0.258 e. The number of rotatable bonds is 5. The molecule has 0 radical (unpaired) electrons. The molecule has 0 aliphatic rings. The minimum atomic E-state index is -0.301. The van der Waals surface area contributed by atoms with E-state index in [9.17, 15) is 9.59 Å². The number of amides is 2. The van der Waals surface area contributed by atoms with Gasteiger partial charge in [-0.25, -0.2) is 0 Å². The van der Waals surface area contributed by atoms with Crippen LogP contribution in [0.2, 0.25) is 0 Å². The molecular formula is C24H21N3O2. The van der Waals surface area contributed by atoms with Crippen molar-refractivity contribution in [2.24, 2.45) is 0 Å². The minimum absolute atomic E-state index is 0.119. The lowest BCUT2D eigenvalue weighted by molar-refractivity contribution is 0.0985. The molecule has 0 bridgehead atoms. The predicted molar refractivity (Wildman–Crippen MR) is 114 cm³/mol. The molecule has 0 saturated carbocycles. The van der Waals surface area contributed by atoms with Crippen LogP contribution in [0.1, 0.15) is 38.8 Å². The molecule has 5 nitrogen and oxygen atoms in total. The molecule has 0 spiro atoms. The first kappa shape index (κ1) is 19.8. The Balaban J connectivity index is 1.75. The third kappa shape index (κ3) is 4.69. The second kappa shape index (κ2) is 8.85. The quantitative estimate of drug-likeness (QED) is 0.689. The largest absolute Gasteiger partial charge is 0.322 e. The Hall–Kier alpha value is -3.91. The van der Waals surface area contributed by atoms with Gasteiger partial charge in [0, 0.05) is 29.0 Å². The van der Waals surface area contributed by atoms with Crippen molar-refractivity contribution in [3.63, 3.8) is 0 Å². The zero-order valence-electron chi connectivity index (χ0n) is 16.3. The summed E-state index contributed by atoms with van der Waals surface area (Å²) >= 11 is 0. The Bertz CT molecular complexity index is 1080. The molecule has 3 aromatic rings. The van der Waals surface area contributed by atoms with E-state index in [1.54, 1.807) is 53.4 Å². The summed E-state index contributed by atoms with van der Waals surface area (Å²) in [5.41, 5.74) is 3.89. The van der Waals surface area contributed by atoms with Gasteiger partial charge >= 0.3 is 0 Å². The van der Waals surface area contributed by atoms with E-state index in [2.05, 4.69) is 5.32 Å². The van der Waals surface area contributed by atoms with Gasteiger partial charge in [-0.15, -0.1) is 0 Å². The van der Waals surface area contributed by atoms with Crippen LogP contribution in [-0.4, -0.2) is 18.4 Å². The molecular weight excluding hydrogens is 362 g/mol. The van der Waals surface area contributed by atoms with Crippen LogP contribution in [0.25, 0.3) is 0 Å². The number of hydrogen-bond donors (Lipinski definition) is 1. The van der Waals surface area contributed by atoms with Crippen LogP contribution in [0.4, 0.5) is 11.4 Å². The highest BCUT2D eigenvalue weighted by Crippen LogP contribution is 2.19. The van der Waals surface area contributed by atoms with E-state index in [-0.39, 0.29) is 11.8 Å². The number of anilines is 2. The summed E-state index contributed by atoms with van der Waals surface area (Å²) in [4.78, 5) is 27.1. The van der Waals surface area contributed by atoms with Crippen molar-refractivity contribution >= 4 is 23.2 Å². The van der Waals surface area contributed by atoms with Crippen molar-refractivity contribution in [1.29, 1.82) is 5.26 Å². The minimum Gasteiger partial charge on any atom is -0.322 e. The van der Waals surface area contributed by atoms with E-state index in [0.29, 0.717) is 28.9 Å². The lowest BCUT2D eigenvalue weighted by Gasteiger charge is -2.21. The zero-order chi connectivity index (χ0) is 20.8. The number of carbonyl (C=O) groups is 2. The summed E-state index contributed by atoms with van der Waals surface area (Å²) < 4.78 is 0. The molecule has 3 rings (SSSR count). The van der Waals surface area contributed by atoms with Gasteiger partial charge in [-0.3, -0.25) is 9.59 Å². The standard InChI is InChI=1S/C24H21N3O2/c1-3-27(22-9-4-6-17(2)14-22)24(29)20-12-10-19(11-13-20)23(28)26-21-8-5-7-18(15-21)16-25/h4-15H,3H2,1-2H3,(H,26,28). The number of nitrogens with zero attached hydrogens (tertiary/aromatic N) is 2. The monoisotopic (exact) mass is 383 g/mol. The number of nitriles is 1. The van der Waals surface area contributed by atoms with Crippen LogP contribution in [0.3, 0.4) is 0 Å². The van der Waals surface area contributed by atoms with Crippen LogP contribution in [0, 0.1) is 18.3 Å². The van der Waals surface area contributed by atoms with Crippen molar-refractivity contribution in [1.82, 2.24) is 0 Å². The third-order valence-corrected chi connectivity index (χ3v) is 4.52. The lowest BCUT2D eigenvalue weighted by atomic mass is 10.1. The molecule has 0 heterocycles. The number of nitrogens with one attached hydrogen (secondary N) is 1. The number of hydrogen-bond acceptors (Lipinski definition) is 3.